The third-order valence-corrected chi connectivity index (χ3v) is 3.38. The zero-order valence-electron chi connectivity index (χ0n) is 11.3. The summed E-state index contributed by atoms with van der Waals surface area (Å²) >= 11 is 6.14. The highest BCUT2D eigenvalue weighted by atomic mass is 35.5. The van der Waals surface area contributed by atoms with Crippen molar-refractivity contribution in [2.75, 3.05) is 0 Å². The lowest BCUT2D eigenvalue weighted by Gasteiger charge is -2.17. The highest BCUT2D eigenvalue weighted by Gasteiger charge is 2.25. The number of aliphatic carboxylic acids is 1. The molecule has 1 rings (SSSR count). The molecule has 102 valence electrons. The zero-order valence-corrected chi connectivity index (χ0v) is 12.0. The highest BCUT2D eigenvalue weighted by Crippen LogP contribution is 2.28. The first-order valence-corrected chi connectivity index (χ1v) is 6.48. The Morgan fingerprint density at radius 3 is 2.68 bits per heavy atom. The quantitative estimate of drug-likeness (QED) is 0.899. The monoisotopic (exact) mass is 280 g/mol. The van der Waals surface area contributed by atoms with Gasteiger partial charge in [0.2, 0.25) is 0 Å². The summed E-state index contributed by atoms with van der Waals surface area (Å²) in [5.74, 6) is -1.26. The molecule has 0 bridgehead atoms. The van der Waals surface area contributed by atoms with E-state index in [0.717, 1.165) is 5.56 Å². The number of aromatic nitrogens is 1. The molecule has 19 heavy (non-hydrogen) atoms. The van der Waals surface area contributed by atoms with Crippen molar-refractivity contribution in [1.82, 2.24) is 4.98 Å². The molecule has 1 heterocycles. The molecular weight excluding hydrogens is 264 g/mol. The molecule has 0 aliphatic rings. The van der Waals surface area contributed by atoms with Gasteiger partial charge < -0.3 is 5.11 Å². The predicted octanol–water partition coefficient (Wildman–Crippen LogP) is 3.19. The normalized spacial score (nSPS) is 12.8. The Bertz CT molecular complexity index is 521. The smallest absolute Gasteiger partial charge is 0.306 e. The van der Waals surface area contributed by atoms with Crippen LogP contribution in [0.4, 0.5) is 0 Å². The van der Waals surface area contributed by atoms with Gasteiger partial charge in [-0.15, -0.1) is 0 Å². The van der Waals surface area contributed by atoms with Gasteiger partial charge in [-0.1, -0.05) is 18.5 Å². The number of carboxylic acids is 1. The first kappa shape index (κ1) is 15.5. The summed E-state index contributed by atoms with van der Waals surface area (Å²) < 4.78 is 0. The Labute approximate surface area is 118 Å². The SMILES string of the molecule is CCC(Cc1cnc(C(C)(C)C#N)c(Cl)c1)C(=O)O. The fourth-order valence-electron chi connectivity index (χ4n) is 1.79. The molecule has 0 fully saturated rings. The number of hydrogen-bond donors (Lipinski definition) is 1. The number of halogens is 1. The number of rotatable bonds is 5. The summed E-state index contributed by atoms with van der Waals surface area (Å²) in [5.41, 5.74) is 0.535. The molecular formula is C14H17ClN2O2. The average molecular weight is 281 g/mol. The standard InChI is InChI=1S/C14H17ClN2O2/c1-4-10(13(18)19)5-9-6-11(15)12(17-7-9)14(2,3)8-16/h6-7,10H,4-5H2,1-3H3,(H,18,19). The summed E-state index contributed by atoms with van der Waals surface area (Å²) in [6.07, 6.45) is 2.55. The van der Waals surface area contributed by atoms with E-state index in [9.17, 15) is 4.79 Å². The van der Waals surface area contributed by atoms with Crippen LogP contribution >= 0.6 is 11.6 Å². The van der Waals surface area contributed by atoms with Crippen LogP contribution in [-0.2, 0) is 16.6 Å². The third-order valence-electron chi connectivity index (χ3n) is 3.09. The summed E-state index contributed by atoms with van der Waals surface area (Å²) in [4.78, 5) is 15.2. The van der Waals surface area contributed by atoms with Crippen LogP contribution in [0.25, 0.3) is 0 Å². The van der Waals surface area contributed by atoms with Gasteiger partial charge in [0.1, 0.15) is 0 Å². The Kier molecular flexibility index (Phi) is 4.90. The molecule has 1 aromatic heterocycles. The molecule has 1 unspecified atom stereocenters. The number of nitriles is 1. The molecule has 0 saturated heterocycles. The summed E-state index contributed by atoms with van der Waals surface area (Å²) in [7, 11) is 0. The molecule has 0 saturated carbocycles. The minimum atomic E-state index is -0.819. The summed E-state index contributed by atoms with van der Waals surface area (Å²) in [5, 5.41) is 18.5. The second kappa shape index (κ2) is 6.03. The molecule has 1 atom stereocenters. The maximum Gasteiger partial charge on any atom is 0.306 e. The van der Waals surface area contributed by atoms with Crippen LogP contribution in [0, 0.1) is 17.2 Å². The lowest BCUT2D eigenvalue weighted by Crippen LogP contribution is -2.18. The van der Waals surface area contributed by atoms with Crippen molar-refractivity contribution in [2.24, 2.45) is 5.92 Å². The van der Waals surface area contributed by atoms with Gasteiger partial charge in [-0.25, -0.2) is 0 Å². The molecule has 1 aromatic rings. The second-order valence-corrected chi connectivity index (χ2v) is 5.47. The van der Waals surface area contributed by atoms with Crippen molar-refractivity contribution >= 4 is 17.6 Å². The van der Waals surface area contributed by atoms with Crippen LogP contribution < -0.4 is 0 Å². The van der Waals surface area contributed by atoms with E-state index in [2.05, 4.69) is 11.1 Å². The number of carbonyl (C=O) groups is 1. The first-order chi connectivity index (χ1) is 8.81. The molecule has 0 aliphatic heterocycles. The Hall–Kier alpha value is -1.60. The lowest BCUT2D eigenvalue weighted by molar-refractivity contribution is -0.141. The van der Waals surface area contributed by atoms with Gasteiger partial charge in [0, 0.05) is 6.20 Å². The van der Waals surface area contributed by atoms with Gasteiger partial charge in [-0.05, 0) is 38.3 Å². The summed E-state index contributed by atoms with van der Waals surface area (Å²) in [6.45, 7) is 5.32. The largest absolute Gasteiger partial charge is 0.481 e. The van der Waals surface area contributed by atoms with Gasteiger partial charge >= 0.3 is 5.97 Å². The van der Waals surface area contributed by atoms with Crippen LogP contribution in [-0.4, -0.2) is 16.1 Å². The maximum atomic E-state index is 11.0. The van der Waals surface area contributed by atoms with E-state index in [4.69, 9.17) is 22.0 Å². The van der Waals surface area contributed by atoms with E-state index in [1.165, 1.54) is 0 Å². The van der Waals surface area contributed by atoms with Crippen molar-refractivity contribution in [3.63, 3.8) is 0 Å². The van der Waals surface area contributed by atoms with E-state index in [0.29, 0.717) is 23.6 Å². The molecule has 0 amide bonds. The minimum absolute atomic E-state index is 0.395. The first-order valence-electron chi connectivity index (χ1n) is 6.10. The zero-order chi connectivity index (χ0) is 14.6. The Balaban J connectivity index is 3.01. The fraction of sp³-hybridized carbons (Fsp3) is 0.500. The maximum absolute atomic E-state index is 11.0. The van der Waals surface area contributed by atoms with Gasteiger partial charge in [-0.2, -0.15) is 5.26 Å². The van der Waals surface area contributed by atoms with E-state index in [-0.39, 0.29) is 0 Å². The average Bonchev–Trinajstić information content (AvgIpc) is 2.35. The van der Waals surface area contributed by atoms with Crippen LogP contribution in [0.5, 0.6) is 0 Å². The van der Waals surface area contributed by atoms with E-state index >= 15 is 0 Å². The fourth-order valence-corrected chi connectivity index (χ4v) is 2.22. The van der Waals surface area contributed by atoms with Crippen molar-refractivity contribution in [3.8, 4) is 6.07 Å². The number of nitrogens with zero attached hydrogens (tertiary/aromatic N) is 2. The molecule has 1 N–H and O–H groups in total. The van der Waals surface area contributed by atoms with Crippen LogP contribution in [0.2, 0.25) is 5.02 Å². The lowest BCUT2D eigenvalue weighted by atomic mass is 9.90. The Morgan fingerprint density at radius 2 is 2.26 bits per heavy atom. The van der Waals surface area contributed by atoms with Gasteiger partial charge in [-0.3, -0.25) is 9.78 Å². The molecule has 4 nitrogen and oxygen atoms in total. The third kappa shape index (κ3) is 3.68. The molecule has 0 radical (unpaired) electrons. The van der Waals surface area contributed by atoms with Gasteiger partial charge in [0.05, 0.1) is 28.1 Å². The molecule has 5 heteroatoms. The van der Waals surface area contributed by atoms with Crippen molar-refractivity contribution in [2.45, 2.75) is 39.0 Å². The van der Waals surface area contributed by atoms with Crippen molar-refractivity contribution < 1.29 is 9.90 Å². The molecule has 0 aliphatic carbocycles. The van der Waals surface area contributed by atoms with Crippen LogP contribution in [0.15, 0.2) is 12.3 Å². The van der Waals surface area contributed by atoms with Crippen LogP contribution in [0.1, 0.15) is 38.4 Å². The second-order valence-electron chi connectivity index (χ2n) is 5.06. The summed E-state index contributed by atoms with van der Waals surface area (Å²) in [6, 6.07) is 3.85. The minimum Gasteiger partial charge on any atom is -0.481 e. The number of hydrogen-bond acceptors (Lipinski definition) is 3. The number of pyridine rings is 1. The molecule has 0 aromatic carbocycles. The van der Waals surface area contributed by atoms with E-state index < -0.39 is 17.3 Å². The van der Waals surface area contributed by atoms with Crippen molar-refractivity contribution in [1.29, 1.82) is 5.26 Å². The topological polar surface area (TPSA) is 74.0 Å². The Morgan fingerprint density at radius 1 is 1.63 bits per heavy atom. The van der Waals surface area contributed by atoms with Gasteiger partial charge in [0.25, 0.3) is 0 Å². The predicted molar refractivity (Wildman–Crippen MR) is 73.0 cm³/mol. The van der Waals surface area contributed by atoms with Gasteiger partial charge in [0.15, 0.2) is 0 Å². The highest BCUT2D eigenvalue weighted by molar-refractivity contribution is 6.31. The van der Waals surface area contributed by atoms with E-state index in [1.54, 1.807) is 26.1 Å². The molecule has 0 spiro atoms. The number of carboxylic acid groups (broad SMARTS) is 1. The van der Waals surface area contributed by atoms with Crippen LogP contribution in [0.3, 0.4) is 0 Å². The van der Waals surface area contributed by atoms with Crippen molar-refractivity contribution in [3.05, 3.63) is 28.5 Å². The van der Waals surface area contributed by atoms with E-state index in [1.807, 2.05) is 6.92 Å².